The highest BCUT2D eigenvalue weighted by atomic mass is 16.2. The molecule has 0 atom stereocenters. The molecule has 5 heteroatoms. The van der Waals surface area contributed by atoms with Crippen LogP contribution in [0.15, 0.2) is 30.6 Å². The summed E-state index contributed by atoms with van der Waals surface area (Å²) in [4.78, 5) is 18.5. The lowest BCUT2D eigenvalue weighted by Gasteiger charge is -2.14. The van der Waals surface area contributed by atoms with Crippen molar-refractivity contribution in [3.05, 3.63) is 36.2 Å². The molecule has 18 heavy (non-hydrogen) atoms. The van der Waals surface area contributed by atoms with Gasteiger partial charge in [-0.05, 0) is 25.0 Å². The average molecular weight is 242 g/mol. The Kier molecular flexibility index (Phi) is 2.80. The fraction of sp³-hybridized carbons (Fsp3) is 0.308. The molecule has 1 amide bonds. The summed E-state index contributed by atoms with van der Waals surface area (Å²) in [6.45, 7) is 1.68. The van der Waals surface area contributed by atoms with Gasteiger partial charge in [0, 0.05) is 19.3 Å². The molecule has 1 aliphatic rings. The van der Waals surface area contributed by atoms with Crippen molar-refractivity contribution in [2.24, 2.45) is 0 Å². The van der Waals surface area contributed by atoms with Crippen molar-refractivity contribution in [2.45, 2.75) is 12.8 Å². The van der Waals surface area contributed by atoms with Gasteiger partial charge >= 0.3 is 0 Å². The zero-order valence-electron chi connectivity index (χ0n) is 9.97. The van der Waals surface area contributed by atoms with Gasteiger partial charge in [0.15, 0.2) is 0 Å². The van der Waals surface area contributed by atoms with Gasteiger partial charge < -0.3 is 4.90 Å². The van der Waals surface area contributed by atoms with Crippen LogP contribution >= 0.6 is 0 Å². The molecule has 1 N–H and O–H groups in total. The number of nitrogens with one attached hydrogen (secondary N) is 1. The fourth-order valence-corrected chi connectivity index (χ4v) is 2.24. The highest BCUT2D eigenvalue weighted by Gasteiger charge is 2.23. The van der Waals surface area contributed by atoms with Crippen LogP contribution in [0.2, 0.25) is 0 Å². The van der Waals surface area contributed by atoms with Crippen molar-refractivity contribution in [2.75, 3.05) is 13.1 Å². The smallest absolute Gasteiger partial charge is 0.257 e. The van der Waals surface area contributed by atoms with E-state index in [1.807, 2.05) is 23.1 Å². The van der Waals surface area contributed by atoms with Crippen LogP contribution in [-0.4, -0.2) is 39.1 Å². The maximum atomic E-state index is 12.3. The van der Waals surface area contributed by atoms with E-state index in [-0.39, 0.29) is 5.91 Å². The number of aromatic nitrogens is 3. The van der Waals surface area contributed by atoms with E-state index >= 15 is 0 Å². The van der Waals surface area contributed by atoms with Gasteiger partial charge in [0.2, 0.25) is 0 Å². The highest BCUT2D eigenvalue weighted by molar-refractivity contribution is 5.99. The second-order valence-corrected chi connectivity index (χ2v) is 4.37. The molecule has 1 saturated heterocycles. The number of nitrogens with zero attached hydrogens (tertiary/aromatic N) is 3. The molecule has 0 unspecified atom stereocenters. The number of H-pyrrole nitrogens is 1. The molecule has 1 fully saturated rings. The largest absolute Gasteiger partial charge is 0.339 e. The first-order valence-corrected chi connectivity index (χ1v) is 6.10. The molecule has 0 spiro atoms. The Morgan fingerprint density at radius 3 is 2.83 bits per heavy atom. The van der Waals surface area contributed by atoms with Crippen LogP contribution in [0.4, 0.5) is 0 Å². The van der Waals surface area contributed by atoms with E-state index < -0.39 is 0 Å². The van der Waals surface area contributed by atoms with Gasteiger partial charge in [-0.1, -0.05) is 6.07 Å². The van der Waals surface area contributed by atoms with Crippen LogP contribution in [0.25, 0.3) is 11.4 Å². The van der Waals surface area contributed by atoms with Gasteiger partial charge in [-0.3, -0.25) is 14.9 Å². The fourth-order valence-electron chi connectivity index (χ4n) is 2.24. The zero-order valence-corrected chi connectivity index (χ0v) is 9.97. The third-order valence-corrected chi connectivity index (χ3v) is 3.18. The van der Waals surface area contributed by atoms with Crippen LogP contribution in [0.5, 0.6) is 0 Å². The molecule has 0 aromatic carbocycles. The second-order valence-electron chi connectivity index (χ2n) is 4.37. The lowest BCUT2D eigenvalue weighted by atomic mass is 10.1. The first-order valence-electron chi connectivity index (χ1n) is 6.10. The molecule has 2 aromatic rings. The number of amides is 1. The third-order valence-electron chi connectivity index (χ3n) is 3.18. The number of carbonyl (C=O) groups excluding carboxylic acids is 1. The van der Waals surface area contributed by atoms with E-state index in [9.17, 15) is 4.79 Å². The highest BCUT2D eigenvalue weighted by Crippen LogP contribution is 2.21. The Balaban J connectivity index is 1.94. The van der Waals surface area contributed by atoms with E-state index in [0.29, 0.717) is 11.3 Å². The lowest BCUT2D eigenvalue weighted by Crippen LogP contribution is -2.27. The van der Waals surface area contributed by atoms with Gasteiger partial charge in [-0.25, -0.2) is 0 Å². The number of rotatable bonds is 2. The van der Waals surface area contributed by atoms with Crippen molar-refractivity contribution in [3.63, 3.8) is 0 Å². The molecule has 0 saturated carbocycles. The molecular formula is C13H14N4O. The van der Waals surface area contributed by atoms with Gasteiger partial charge in [0.1, 0.15) is 0 Å². The Labute approximate surface area is 105 Å². The summed E-state index contributed by atoms with van der Waals surface area (Å²) in [5.74, 6) is 0.0434. The van der Waals surface area contributed by atoms with Crippen LogP contribution in [0.1, 0.15) is 23.2 Å². The van der Waals surface area contributed by atoms with E-state index in [1.54, 1.807) is 12.4 Å². The Morgan fingerprint density at radius 2 is 2.11 bits per heavy atom. The standard InChI is InChI=1S/C13H14N4O/c18-13(17-7-3-4-8-17)10-9-15-16-12(10)11-5-1-2-6-14-11/h1-2,5-6,9H,3-4,7-8H2,(H,15,16). The average Bonchev–Trinajstić information content (AvgIpc) is 3.10. The van der Waals surface area contributed by atoms with Crippen LogP contribution in [0.3, 0.4) is 0 Å². The van der Waals surface area contributed by atoms with Crippen molar-refractivity contribution < 1.29 is 4.79 Å². The topological polar surface area (TPSA) is 61.9 Å². The van der Waals surface area contributed by atoms with Gasteiger partial charge in [0.05, 0.1) is 23.1 Å². The first-order chi connectivity index (χ1) is 8.86. The number of hydrogen-bond acceptors (Lipinski definition) is 3. The van der Waals surface area contributed by atoms with E-state index in [2.05, 4.69) is 15.2 Å². The summed E-state index contributed by atoms with van der Waals surface area (Å²) in [5.41, 5.74) is 2.06. The molecule has 3 rings (SSSR count). The normalized spacial score (nSPS) is 15.0. The lowest BCUT2D eigenvalue weighted by molar-refractivity contribution is 0.0793. The Morgan fingerprint density at radius 1 is 1.28 bits per heavy atom. The molecule has 0 aliphatic carbocycles. The summed E-state index contributed by atoms with van der Waals surface area (Å²) in [6, 6.07) is 5.61. The molecule has 3 heterocycles. The SMILES string of the molecule is O=C(c1cn[nH]c1-c1ccccn1)N1CCCC1. The molecule has 2 aromatic heterocycles. The minimum absolute atomic E-state index is 0.0434. The van der Waals surface area contributed by atoms with Crippen molar-refractivity contribution >= 4 is 5.91 Å². The molecule has 0 bridgehead atoms. The van der Waals surface area contributed by atoms with Crippen LogP contribution in [-0.2, 0) is 0 Å². The maximum absolute atomic E-state index is 12.3. The summed E-state index contributed by atoms with van der Waals surface area (Å²) in [5, 5.41) is 6.84. The third kappa shape index (κ3) is 1.88. The number of likely N-dealkylation sites (tertiary alicyclic amines) is 1. The van der Waals surface area contributed by atoms with Crippen molar-refractivity contribution in [1.82, 2.24) is 20.1 Å². The van der Waals surface area contributed by atoms with Gasteiger partial charge in [0.25, 0.3) is 5.91 Å². The number of hydrogen-bond donors (Lipinski definition) is 1. The van der Waals surface area contributed by atoms with Crippen LogP contribution < -0.4 is 0 Å². The molecule has 5 nitrogen and oxygen atoms in total. The van der Waals surface area contributed by atoms with E-state index in [1.165, 1.54) is 0 Å². The zero-order chi connectivity index (χ0) is 12.4. The first kappa shape index (κ1) is 11.0. The summed E-state index contributed by atoms with van der Waals surface area (Å²) in [6.07, 6.45) is 5.47. The quantitative estimate of drug-likeness (QED) is 0.872. The monoisotopic (exact) mass is 242 g/mol. The predicted octanol–water partition coefficient (Wildman–Crippen LogP) is 1.71. The van der Waals surface area contributed by atoms with E-state index in [4.69, 9.17) is 0 Å². The predicted molar refractivity (Wildman–Crippen MR) is 67.0 cm³/mol. The summed E-state index contributed by atoms with van der Waals surface area (Å²) < 4.78 is 0. The Bertz CT molecular complexity index is 543. The van der Waals surface area contributed by atoms with Gasteiger partial charge in [-0.15, -0.1) is 0 Å². The van der Waals surface area contributed by atoms with Crippen molar-refractivity contribution in [1.29, 1.82) is 0 Å². The second kappa shape index (κ2) is 4.60. The van der Waals surface area contributed by atoms with Crippen molar-refractivity contribution in [3.8, 4) is 11.4 Å². The molecule has 1 aliphatic heterocycles. The minimum atomic E-state index is 0.0434. The Hall–Kier alpha value is -2.17. The summed E-state index contributed by atoms with van der Waals surface area (Å²) >= 11 is 0. The number of pyridine rings is 1. The van der Waals surface area contributed by atoms with E-state index in [0.717, 1.165) is 31.6 Å². The molecular weight excluding hydrogens is 228 g/mol. The molecule has 92 valence electrons. The number of aromatic amines is 1. The number of carbonyl (C=O) groups is 1. The van der Waals surface area contributed by atoms with Gasteiger partial charge in [-0.2, -0.15) is 5.10 Å². The minimum Gasteiger partial charge on any atom is -0.339 e. The van der Waals surface area contributed by atoms with Crippen LogP contribution in [0, 0.1) is 0 Å². The molecule has 0 radical (unpaired) electrons. The summed E-state index contributed by atoms with van der Waals surface area (Å²) in [7, 11) is 0. The maximum Gasteiger partial charge on any atom is 0.257 e.